The summed E-state index contributed by atoms with van der Waals surface area (Å²) < 4.78 is 0. The molecule has 0 saturated carbocycles. The number of piperidine rings is 2. The summed E-state index contributed by atoms with van der Waals surface area (Å²) in [6.07, 6.45) is 10.9. The number of benzene rings is 1. The third-order valence-electron chi connectivity index (χ3n) is 7.16. The lowest BCUT2D eigenvalue weighted by molar-refractivity contribution is 0.159. The van der Waals surface area contributed by atoms with E-state index < -0.39 is 0 Å². The van der Waals surface area contributed by atoms with Gasteiger partial charge in [-0.05, 0) is 103 Å². The van der Waals surface area contributed by atoms with Crippen LogP contribution < -0.4 is 10.6 Å². The molecule has 0 amide bonds. The fourth-order valence-corrected chi connectivity index (χ4v) is 5.03. The molecule has 202 valence electrons. The summed E-state index contributed by atoms with van der Waals surface area (Å²) in [6, 6.07) is 10.7. The predicted molar refractivity (Wildman–Crippen MR) is 158 cm³/mol. The SMILES string of the molecule is C[C@H]1CCCCN1CCCNCc1ccc(CNCCCN2CCCC[C@@H]2C)cc1.Cl.Cl.Cl.Cl. The van der Waals surface area contributed by atoms with E-state index in [1.165, 1.54) is 88.7 Å². The van der Waals surface area contributed by atoms with E-state index in [0.717, 1.165) is 38.3 Å². The molecule has 0 aromatic heterocycles. The van der Waals surface area contributed by atoms with E-state index in [1.54, 1.807) is 0 Å². The van der Waals surface area contributed by atoms with Crippen LogP contribution in [0.4, 0.5) is 0 Å². The first kappa shape index (κ1) is 36.4. The maximum Gasteiger partial charge on any atom is 0.0205 e. The molecular weight excluding hydrogens is 510 g/mol. The summed E-state index contributed by atoms with van der Waals surface area (Å²) in [7, 11) is 0. The molecule has 0 aliphatic carbocycles. The van der Waals surface area contributed by atoms with Crippen molar-refractivity contribution in [3.63, 3.8) is 0 Å². The molecule has 3 rings (SSSR count). The van der Waals surface area contributed by atoms with Gasteiger partial charge in [0.2, 0.25) is 0 Å². The highest BCUT2D eigenvalue weighted by Crippen LogP contribution is 2.17. The third kappa shape index (κ3) is 13.5. The Morgan fingerprint density at radius 1 is 0.647 bits per heavy atom. The minimum absolute atomic E-state index is 0. The van der Waals surface area contributed by atoms with Gasteiger partial charge >= 0.3 is 0 Å². The Labute approximate surface area is 234 Å². The molecule has 2 heterocycles. The zero-order valence-corrected chi connectivity index (χ0v) is 24.6. The van der Waals surface area contributed by atoms with Crippen LogP contribution in [0, 0.1) is 0 Å². The Morgan fingerprint density at radius 3 is 1.38 bits per heavy atom. The molecule has 1 aromatic carbocycles. The minimum Gasteiger partial charge on any atom is -0.313 e. The highest BCUT2D eigenvalue weighted by molar-refractivity contribution is 5.86. The van der Waals surface area contributed by atoms with Crippen molar-refractivity contribution in [3.05, 3.63) is 35.4 Å². The fraction of sp³-hybridized carbons (Fsp3) is 0.769. The Balaban J connectivity index is 0. The molecule has 2 aliphatic rings. The number of likely N-dealkylation sites (tertiary alicyclic amines) is 2. The van der Waals surface area contributed by atoms with Crippen molar-refractivity contribution in [1.29, 1.82) is 0 Å². The normalized spacial score (nSPS) is 20.9. The summed E-state index contributed by atoms with van der Waals surface area (Å²) >= 11 is 0. The second kappa shape index (κ2) is 21.3. The lowest BCUT2D eigenvalue weighted by atomic mass is 10.0. The zero-order valence-electron chi connectivity index (χ0n) is 21.3. The first-order valence-corrected chi connectivity index (χ1v) is 12.7. The van der Waals surface area contributed by atoms with Gasteiger partial charge in [-0.3, -0.25) is 0 Å². The smallest absolute Gasteiger partial charge is 0.0205 e. The molecule has 4 nitrogen and oxygen atoms in total. The molecule has 1 aromatic rings. The first-order chi connectivity index (χ1) is 14.7. The molecule has 2 fully saturated rings. The average Bonchev–Trinajstić information content (AvgIpc) is 2.77. The van der Waals surface area contributed by atoms with E-state index in [9.17, 15) is 0 Å². The second-order valence-electron chi connectivity index (χ2n) is 9.64. The fourth-order valence-electron chi connectivity index (χ4n) is 5.03. The molecular formula is C26H50Cl4N4. The number of nitrogens with one attached hydrogen (secondary N) is 2. The summed E-state index contributed by atoms with van der Waals surface area (Å²) in [5.41, 5.74) is 2.79. The average molecular weight is 561 g/mol. The molecule has 0 unspecified atom stereocenters. The number of hydrogen-bond acceptors (Lipinski definition) is 4. The number of hydrogen-bond donors (Lipinski definition) is 2. The number of nitrogens with zero attached hydrogens (tertiary/aromatic N) is 2. The van der Waals surface area contributed by atoms with Gasteiger partial charge < -0.3 is 20.4 Å². The van der Waals surface area contributed by atoms with E-state index in [-0.39, 0.29) is 49.6 Å². The number of halogens is 4. The lowest BCUT2D eigenvalue weighted by Gasteiger charge is -2.33. The maximum atomic E-state index is 3.62. The van der Waals surface area contributed by atoms with Crippen LogP contribution in [0.3, 0.4) is 0 Å². The van der Waals surface area contributed by atoms with Gasteiger partial charge in [0.1, 0.15) is 0 Å². The topological polar surface area (TPSA) is 30.5 Å². The van der Waals surface area contributed by atoms with E-state index in [0.29, 0.717) is 0 Å². The molecule has 2 aliphatic heterocycles. The Kier molecular flexibility index (Phi) is 22.8. The van der Waals surface area contributed by atoms with Crippen LogP contribution in [0.25, 0.3) is 0 Å². The van der Waals surface area contributed by atoms with Crippen LogP contribution in [0.15, 0.2) is 24.3 Å². The van der Waals surface area contributed by atoms with E-state index in [4.69, 9.17) is 0 Å². The Hall–Kier alpha value is 0.220. The maximum absolute atomic E-state index is 3.62. The minimum atomic E-state index is 0. The van der Waals surface area contributed by atoms with E-state index >= 15 is 0 Å². The van der Waals surface area contributed by atoms with Crippen LogP contribution in [-0.2, 0) is 13.1 Å². The molecule has 0 spiro atoms. The van der Waals surface area contributed by atoms with Crippen LogP contribution in [-0.4, -0.2) is 61.2 Å². The van der Waals surface area contributed by atoms with Crippen LogP contribution in [0.1, 0.15) is 76.3 Å². The Bertz CT molecular complexity index is 540. The van der Waals surface area contributed by atoms with Gasteiger partial charge in [0.15, 0.2) is 0 Å². The molecule has 0 radical (unpaired) electrons. The van der Waals surface area contributed by atoms with Gasteiger partial charge in [-0.2, -0.15) is 0 Å². The van der Waals surface area contributed by atoms with Gasteiger partial charge in [-0.15, -0.1) is 49.6 Å². The zero-order chi connectivity index (χ0) is 21.0. The largest absolute Gasteiger partial charge is 0.313 e. The van der Waals surface area contributed by atoms with Crippen molar-refractivity contribution in [1.82, 2.24) is 20.4 Å². The standard InChI is InChI=1S/C26H46N4.4ClH/c1-23-9-3-5-17-29(23)19-7-15-27-21-25-11-13-26(14-12-25)22-28-16-8-20-30-18-6-4-10-24(30)2;;;;/h11-14,23-24,27-28H,3-10,15-22H2,1-2H3;4*1H/t23-,24-;;;;/m0..../s1. The van der Waals surface area contributed by atoms with E-state index in [1.807, 2.05) is 0 Å². The number of rotatable bonds is 12. The van der Waals surface area contributed by atoms with Crippen LogP contribution in [0.2, 0.25) is 0 Å². The summed E-state index contributed by atoms with van der Waals surface area (Å²) in [6.45, 7) is 14.1. The summed E-state index contributed by atoms with van der Waals surface area (Å²) in [4.78, 5) is 5.33. The van der Waals surface area contributed by atoms with Crippen molar-refractivity contribution in [2.24, 2.45) is 0 Å². The summed E-state index contributed by atoms with van der Waals surface area (Å²) in [5.74, 6) is 0. The van der Waals surface area contributed by atoms with Crippen LogP contribution >= 0.6 is 49.6 Å². The summed E-state index contributed by atoms with van der Waals surface area (Å²) in [5, 5.41) is 7.25. The highest BCUT2D eigenvalue weighted by Gasteiger charge is 2.17. The molecule has 34 heavy (non-hydrogen) atoms. The van der Waals surface area contributed by atoms with Crippen LogP contribution in [0.5, 0.6) is 0 Å². The van der Waals surface area contributed by atoms with Gasteiger partial charge in [0.05, 0.1) is 0 Å². The first-order valence-electron chi connectivity index (χ1n) is 12.7. The van der Waals surface area contributed by atoms with Crippen molar-refractivity contribution in [3.8, 4) is 0 Å². The predicted octanol–water partition coefficient (Wildman–Crippen LogP) is 6.08. The van der Waals surface area contributed by atoms with Gasteiger partial charge in [0.25, 0.3) is 0 Å². The highest BCUT2D eigenvalue weighted by atomic mass is 35.5. The molecule has 8 heteroatoms. The molecule has 2 N–H and O–H groups in total. The molecule has 0 bridgehead atoms. The molecule has 2 atom stereocenters. The quantitative estimate of drug-likeness (QED) is 0.304. The monoisotopic (exact) mass is 558 g/mol. The second-order valence-corrected chi connectivity index (χ2v) is 9.64. The van der Waals surface area contributed by atoms with Crippen molar-refractivity contribution >= 4 is 49.6 Å². The molecule has 2 saturated heterocycles. The Morgan fingerprint density at radius 2 is 1.03 bits per heavy atom. The van der Waals surface area contributed by atoms with Gasteiger partial charge in [-0.1, -0.05) is 37.1 Å². The van der Waals surface area contributed by atoms with Crippen molar-refractivity contribution in [2.45, 2.75) is 90.4 Å². The van der Waals surface area contributed by atoms with Gasteiger partial charge in [-0.25, -0.2) is 0 Å². The van der Waals surface area contributed by atoms with Gasteiger partial charge in [0, 0.05) is 25.2 Å². The van der Waals surface area contributed by atoms with Crippen molar-refractivity contribution in [2.75, 3.05) is 39.3 Å². The lowest BCUT2D eigenvalue weighted by Crippen LogP contribution is -2.38. The van der Waals surface area contributed by atoms with E-state index in [2.05, 4.69) is 58.5 Å². The van der Waals surface area contributed by atoms with Crippen molar-refractivity contribution < 1.29 is 0 Å². The third-order valence-corrected chi connectivity index (χ3v) is 7.16.